The van der Waals surface area contributed by atoms with Gasteiger partial charge in [-0.05, 0) is 42.3 Å². The topological polar surface area (TPSA) is 103 Å². The number of fused-ring (bicyclic) bond motifs is 3. The third-order valence-electron chi connectivity index (χ3n) is 5.48. The van der Waals surface area contributed by atoms with Crippen LogP contribution in [-0.2, 0) is 11.3 Å². The van der Waals surface area contributed by atoms with Crippen LogP contribution in [0.4, 0.5) is 0 Å². The quantitative estimate of drug-likeness (QED) is 0.417. The second-order valence-electron chi connectivity index (χ2n) is 7.68. The minimum Gasteiger partial charge on any atom is -0.378 e. The highest BCUT2D eigenvalue weighted by molar-refractivity contribution is 6.30. The molecule has 0 aliphatic heterocycles. The van der Waals surface area contributed by atoms with Crippen molar-refractivity contribution < 1.29 is 9.53 Å². The van der Waals surface area contributed by atoms with Crippen molar-refractivity contribution in [2.24, 2.45) is 0 Å². The average molecular weight is 475 g/mol. The van der Waals surface area contributed by atoms with Crippen molar-refractivity contribution in [2.45, 2.75) is 13.5 Å². The van der Waals surface area contributed by atoms with Gasteiger partial charge in [0.15, 0.2) is 11.2 Å². The number of aryl methyl sites for hydroxylation is 1. The van der Waals surface area contributed by atoms with Crippen LogP contribution >= 0.6 is 11.6 Å². The van der Waals surface area contributed by atoms with Gasteiger partial charge in [0.1, 0.15) is 5.52 Å². The van der Waals surface area contributed by atoms with E-state index in [0.29, 0.717) is 27.4 Å². The van der Waals surface area contributed by atoms with E-state index < -0.39 is 11.5 Å². The number of methoxy groups -OCH3 is 1. The largest absolute Gasteiger partial charge is 0.378 e. The normalized spacial score (nSPS) is 11.3. The molecule has 2 aromatic carbocycles. The van der Waals surface area contributed by atoms with E-state index in [-0.39, 0.29) is 12.1 Å². The molecular weight excluding hydrogens is 456 g/mol. The van der Waals surface area contributed by atoms with Crippen LogP contribution in [0, 0.1) is 6.92 Å². The molecule has 3 aromatic heterocycles. The molecular formula is C24H19ClN6O3. The maximum Gasteiger partial charge on any atom is 0.299 e. The van der Waals surface area contributed by atoms with Crippen LogP contribution in [0.3, 0.4) is 0 Å². The van der Waals surface area contributed by atoms with Crippen LogP contribution < -0.4 is 11.0 Å². The van der Waals surface area contributed by atoms with Crippen molar-refractivity contribution in [3.8, 4) is 11.1 Å². The Morgan fingerprint density at radius 1 is 1.09 bits per heavy atom. The number of nitrogens with zero attached hydrogens (tertiary/aromatic N) is 5. The number of benzene rings is 2. The minimum atomic E-state index is -0.523. The van der Waals surface area contributed by atoms with Crippen LogP contribution in [-0.4, -0.2) is 37.5 Å². The Morgan fingerprint density at radius 3 is 2.59 bits per heavy atom. The summed E-state index contributed by atoms with van der Waals surface area (Å²) in [4.78, 5) is 25.8. The Kier molecular flexibility index (Phi) is 5.56. The van der Waals surface area contributed by atoms with Gasteiger partial charge in [0.2, 0.25) is 0 Å². The van der Waals surface area contributed by atoms with Crippen molar-refractivity contribution in [1.82, 2.24) is 24.5 Å². The van der Waals surface area contributed by atoms with Crippen LogP contribution in [0.5, 0.6) is 0 Å². The first-order valence-corrected chi connectivity index (χ1v) is 10.8. The zero-order valence-electron chi connectivity index (χ0n) is 18.3. The second-order valence-corrected chi connectivity index (χ2v) is 8.11. The molecule has 0 atom stereocenters. The number of aromatic nitrogens is 5. The Morgan fingerprint density at radius 2 is 1.85 bits per heavy atom. The van der Waals surface area contributed by atoms with Gasteiger partial charge in [0.05, 0.1) is 17.9 Å². The Labute approximate surface area is 198 Å². The van der Waals surface area contributed by atoms with Gasteiger partial charge in [0.25, 0.3) is 11.5 Å². The third kappa shape index (κ3) is 3.70. The van der Waals surface area contributed by atoms with E-state index in [1.165, 1.54) is 6.20 Å². The van der Waals surface area contributed by atoms with Crippen molar-refractivity contribution in [1.29, 1.82) is 0 Å². The number of rotatable bonds is 5. The highest BCUT2D eigenvalue weighted by Crippen LogP contribution is 2.30. The molecule has 170 valence electrons. The standard InChI is InChI=1S/C24H19ClN6O3/c1-14-5-3-4-6-17(14)23(32)29-30-12-11-19-21(24(30)33)26-27-22-20(15-7-9-16(25)10-8-15)18(13-34-2)28-31(19)22/h3-12H,13H2,1-2H3,(H,29,32). The minimum absolute atomic E-state index is 0.0641. The number of nitrogens with one attached hydrogen (secondary N) is 1. The predicted molar refractivity (Wildman–Crippen MR) is 129 cm³/mol. The van der Waals surface area contributed by atoms with Gasteiger partial charge < -0.3 is 4.74 Å². The Bertz CT molecular complexity index is 1610. The predicted octanol–water partition coefficient (Wildman–Crippen LogP) is 3.60. The maximum absolute atomic E-state index is 13.1. The smallest absolute Gasteiger partial charge is 0.299 e. The van der Waals surface area contributed by atoms with Crippen molar-refractivity contribution in [3.05, 3.63) is 93.0 Å². The summed E-state index contributed by atoms with van der Waals surface area (Å²) in [7, 11) is 1.58. The molecule has 0 spiro atoms. The fourth-order valence-corrected chi connectivity index (χ4v) is 3.95. The summed E-state index contributed by atoms with van der Waals surface area (Å²) >= 11 is 6.05. The summed E-state index contributed by atoms with van der Waals surface area (Å²) in [5.74, 6) is -0.403. The van der Waals surface area contributed by atoms with Crippen LogP contribution in [0.25, 0.3) is 27.8 Å². The molecule has 5 rings (SSSR count). The average Bonchev–Trinajstić information content (AvgIpc) is 3.20. The van der Waals surface area contributed by atoms with Crippen molar-refractivity contribution >= 4 is 34.2 Å². The summed E-state index contributed by atoms with van der Waals surface area (Å²) in [6.45, 7) is 2.07. The van der Waals surface area contributed by atoms with Gasteiger partial charge in [-0.25, -0.2) is 9.19 Å². The SMILES string of the molecule is COCc1nn2c(nnc3c(=O)n(NC(=O)c4ccccc4C)ccc32)c1-c1ccc(Cl)cc1. The lowest BCUT2D eigenvalue weighted by Gasteiger charge is -2.10. The Hall–Kier alpha value is -4.08. The fraction of sp³-hybridized carbons (Fsp3) is 0.125. The second kappa shape index (κ2) is 8.69. The lowest BCUT2D eigenvalue weighted by molar-refractivity contribution is 0.101. The third-order valence-corrected chi connectivity index (χ3v) is 5.73. The van der Waals surface area contributed by atoms with E-state index in [1.807, 2.05) is 31.2 Å². The fourth-order valence-electron chi connectivity index (χ4n) is 3.83. The van der Waals surface area contributed by atoms with Gasteiger partial charge >= 0.3 is 0 Å². The van der Waals surface area contributed by atoms with E-state index >= 15 is 0 Å². The molecule has 5 aromatic rings. The molecule has 0 unspecified atom stereocenters. The number of hydrogen-bond acceptors (Lipinski definition) is 6. The Balaban J connectivity index is 1.63. The number of amides is 1. The summed E-state index contributed by atoms with van der Waals surface area (Å²) in [5, 5.41) is 13.7. The molecule has 0 saturated carbocycles. The molecule has 34 heavy (non-hydrogen) atoms. The lowest BCUT2D eigenvalue weighted by Crippen LogP contribution is -2.33. The molecule has 0 saturated heterocycles. The number of halogens is 1. The van der Waals surface area contributed by atoms with Gasteiger partial charge in [0, 0.05) is 23.9 Å². The van der Waals surface area contributed by atoms with Crippen LogP contribution in [0.1, 0.15) is 21.6 Å². The highest BCUT2D eigenvalue weighted by atomic mass is 35.5. The number of carbonyl (C=O) groups excluding carboxylic acids is 1. The number of ether oxygens (including phenoxy) is 1. The van der Waals surface area contributed by atoms with Crippen molar-refractivity contribution in [2.75, 3.05) is 12.5 Å². The van der Waals surface area contributed by atoms with Gasteiger partial charge in [-0.15, -0.1) is 10.2 Å². The monoisotopic (exact) mass is 474 g/mol. The van der Waals surface area contributed by atoms with Gasteiger partial charge in [-0.3, -0.25) is 15.0 Å². The molecule has 3 heterocycles. The van der Waals surface area contributed by atoms with Gasteiger partial charge in [-0.2, -0.15) is 5.10 Å². The van der Waals surface area contributed by atoms with E-state index in [9.17, 15) is 9.59 Å². The number of carbonyl (C=O) groups is 1. The molecule has 1 amide bonds. The molecule has 10 heteroatoms. The molecule has 0 aliphatic carbocycles. The number of hydrogen-bond donors (Lipinski definition) is 1. The first-order chi connectivity index (χ1) is 16.5. The zero-order valence-corrected chi connectivity index (χ0v) is 19.1. The summed E-state index contributed by atoms with van der Waals surface area (Å²) in [6.07, 6.45) is 1.47. The van der Waals surface area contributed by atoms with Gasteiger partial charge in [-0.1, -0.05) is 41.9 Å². The van der Waals surface area contributed by atoms with Crippen LogP contribution in [0.2, 0.25) is 5.02 Å². The lowest BCUT2D eigenvalue weighted by atomic mass is 10.1. The highest BCUT2D eigenvalue weighted by Gasteiger charge is 2.20. The van der Waals surface area contributed by atoms with E-state index in [4.69, 9.17) is 16.3 Å². The number of pyridine rings is 1. The van der Waals surface area contributed by atoms with E-state index in [0.717, 1.165) is 21.4 Å². The maximum atomic E-state index is 13.1. The molecule has 1 N–H and O–H groups in total. The molecule has 0 aliphatic rings. The molecule has 0 radical (unpaired) electrons. The molecule has 0 fully saturated rings. The van der Waals surface area contributed by atoms with Crippen LogP contribution in [0.15, 0.2) is 65.6 Å². The van der Waals surface area contributed by atoms with E-state index in [1.54, 1.807) is 42.0 Å². The first-order valence-electron chi connectivity index (χ1n) is 10.4. The molecule has 0 bridgehead atoms. The van der Waals surface area contributed by atoms with Crippen molar-refractivity contribution in [3.63, 3.8) is 0 Å². The summed E-state index contributed by atoms with van der Waals surface area (Å²) < 4.78 is 7.99. The first kappa shape index (κ1) is 21.7. The zero-order chi connectivity index (χ0) is 23.8. The summed E-state index contributed by atoms with van der Waals surface area (Å²) in [5.41, 5.74) is 6.58. The van der Waals surface area contributed by atoms with E-state index in [2.05, 4.69) is 20.7 Å². The molecule has 9 nitrogen and oxygen atoms in total. The summed E-state index contributed by atoms with van der Waals surface area (Å²) in [6, 6.07) is 16.1.